The Morgan fingerprint density at radius 3 is 3.00 bits per heavy atom. The number of carbonyl (C=O) groups excluding carboxylic acids is 1. The Kier molecular flexibility index (Phi) is 4.58. The Balaban J connectivity index is 1.93. The van der Waals surface area contributed by atoms with E-state index >= 15 is 0 Å². The van der Waals surface area contributed by atoms with E-state index in [1.54, 1.807) is 12.3 Å². The molecule has 100 valence electrons. The highest BCUT2D eigenvalue weighted by atomic mass is 35.5. The molecule has 0 aliphatic heterocycles. The lowest BCUT2D eigenvalue weighted by molar-refractivity contribution is 0.0952. The van der Waals surface area contributed by atoms with Crippen molar-refractivity contribution in [3.63, 3.8) is 0 Å². The summed E-state index contributed by atoms with van der Waals surface area (Å²) in [7, 11) is 0. The zero-order valence-corrected chi connectivity index (χ0v) is 11.1. The van der Waals surface area contributed by atoms with Crippen molar-refractivity contribution in [2.24, 2.45) is 11.0 Å². The molecule has 0 radical (unpaired) electrons. The number of halogens is 1. The molecule has 1 amide bonds. The van der Waals surface area contributed by atoms with E-state index in [4.69, 9.17) is 11.6 Å². The fourth-order valence-corrected chi connectivity index (χ4v) is 2.08. The van der Waals surface area contributed by atoms with Crippen molar-refractivity contribution >= 4 is 23.7 Å². The summed E-state index contributed by atoms with van der Waals surface area (Å²) >= 11 is 5.70. The predicted molar refractivity (Wildman–Crippen MR) is 75.6 cm³/mol. The molecule has 0 spiro atoms. The smallest absolute Gasteiger partial charge is 0.275 e. The summed E-state index contributed by atoms with van der Waals surface area (Å²) in [4.78, 5) is 11.8. The van der Waals surface area contributed by atoms with Crippen LogP contribution in [0.25, 0.3) is 0 Å². The molecule has 2 rings (SSSR count). The quantitative estimate of drug-likeness (QED) is 0.507. The highest BCUT2D eigenvalue weighted by molar-refractivity contribution is 6.30. The largest absolute Gasteiger partial charge is 0.507 e. The highest BCUT2D eigenvalue weighted by Crippen LogP contribution is 2.21. The number of allylic oxidation sites excluding steroid dienone is 2. The lowest BCUT2D eigenvalue weighted by Crippen LogP contribution is -2.19. The molecule has 19 heavy (non-hydrogen) atoms. The van der Waals surface area contributed by atoms with Crippen LogP contribution in [0.3, 0.4) is 0 Å². The maximum absolute atomic E-state index is 11.8. The summed E-state index contributed by atoms with van der Waals surface area (Å²) in [6, 6.07) is 4.34. The Morgan fingerprint density at radius 1 is 1.47 bits per heavy atom. The number of benzene rings is 1. The SMILES string of the molecule is O=C(N/N=C\C1CC=CCC1)c1ccc(Cl)cc1O. The van der Waals surface area contributed by atoms with E-state index in [1.165, 1.54) is 12.1 Å². The molecule has 0 aromatic heterocycles. The van der Waals surface area contributed by atoms with E-state index < -0.39 is 5.91 Å². The van der Waals surface area contributed by atoms with Gasteiger partial charge in [0.2, 0.25) is 0 Å². The molecule has 5 heteroatoms. The summed E-state index contributed by atoms with van der Waals surface area (Å²) in [6.07, 6.45) is 9.05. The number of hydrogen-bond acceptors (Lipinski definition) is 3. The van der Waals surface area contributed by atoms with Gasteiger partial charge in [0.15, 0.2) is 0 Å². The summed E-state index contributed by atoms with van der Waals surface area (Å²) < 4.78 is 0. The first kappa shape index (κ1) is 13.6. The van der Waals surface area contributed by atoms with Gasteiger partial charge < -0.3 is 5.11 Å². The second-order valence-electron chi connectivity index (χ2n) is 4.43. The van der Waals surface area contributed by atoms with Crippen LogP contribution in [0.4, 0.5) is 0 Å². The van der Waals surface area contributed by atoms with E-state index in [1.807, 2.05) is 0 Å². The number of nitrogens with one attached hydrogen (secondary N) is 1. The molecule has 0 saturated heterocycles. The van der Waals surface area contributed by atoms with E-state index in [0.717, 1.165) is 19.3 Å². The lowest BCUT2D eigenvalue weighted by Gasteiger charge is -2.11. The summed E-state index contributed by atoms with van der Waals surface area (Å²) in [5, 5.41) is 13.9. The Morgan fingerprint density at radius 2 is 2.32 bits per heavy atom. The lowest BCUT2D eigenvalue weighted by atomic mass is 9.96. The number of aromatic hydroxyl groups is 1. The van der Waals surface area contributed by atoms with Crippen LogP contribution in [0.2, 0.25) is 5.02 Å². The van der Waals surface area contributed by atoms with Crippen LogP contribution in [0.15, 0.2) is 35.5 Å². The number of phenolic OH excluding ortho intramolecular Hbond substituents is 1. The van der Waals surface area contributed by atoms with Gasteiger partial charge in [-0.1, -0.05) is 23.8 Å². The fraction of sp³-hybridized carbons (Fsp3) is 0.286. The molecule has 1 aromatic carbocycles. The van der Waals surface area contributed by atoms with E-state index in [2.05, 4.69) is 22.7 Å². The van der Waals surface area contributed by atoms with Crippen molar-refractivity contribution in [3.05, 3.63) is 40.9 Å². The van der Waals surface area contributed by atoms with Crippen LogP contribution in [0.1, 0.15) is 29.6 Å². The number of amides is 1. The van der Waals surface area contributed by atoms with Crippen LogP contribution in [0, 0.1) is 5.92 Å². The minimum atomic E-state index is -0.447. The highest BCUT2D eigenvalue weighted by Gasteiger charge is 2.11. The molecule has 4 nitrogen and oxygen atoms in total. The molecule has 1 atom stereocenters. The third-order valence-corrected chi connectivity index (χ3v) is 3.20. The molecule has 0 saturated carbocycles. The number of hydrogen-bond donors (Lipinski definition) is 2. The average molecular weight is 279 g/mol. The number of carbonyl (C=O) groups is 1. The van der Waals surface area contributed by atoms with Crippen LogP contribution in [0.5, 0.6) is 5.75 Å². The topological polar surface area (TPSA) is 61.7 Å². The Hall–Kier alpha value is -1.81. The van der Waals surface area contributed by atoms with Crippen LogP contribution < -0.4 is 5.43 Å². The average Bonchev–Trinajstić information content (AvgIpc) is 2.39. The van der Waals surface area contributed by atoms with Crippen molar-refractivity contribution in [3.8, 4) is 5.75 Å². The van der Waals surface area contributed by atoms with Gasteiger partial charge in [0.05, 0.1) is 5.56 Å². The van der Waals surface area contributed by atoms with Crippen molar-refractivity contribution in [2.45, 2.75) is 19.3 Å². The van der Waals surface area contributed by atoms with Crippen LogP contribution in [-0.2, 0) is 0 Å². The number of hydrazone groups is 1. The predicted octanol–water partition coefficient (Wildman–Crippen LogP) is 3.12. The third-order valence-electron chi connectivity index (χ3n) is 2.97. The monoisotopic (exact) mass is 278 g/mol. The number of nitrogens with zero attached hydrogens (tertiary/aromatic N) is 1. The maximum atomic E-state index is 11.8. The molecule has 1 unspecified atom stereocenters. The molecule has 0 fully saturated rings. The standard InChI is InChI=1S/C14H15ClN2O2/c15-11-6-7-12(13(18)8-11)14(19)17-16-9-10-4-2-1-3-5-10/h1-2,6-10,18H,3-5H2,(H,17,19)/b16-9-. The van der Waals surface area contributed by atoms with Gasteiger partial charge in [0.1, 0.15) is 5.75 Å². The van der Waals surface area contributed by atoms with Gasteiger partial charge in [-0.25, -0.2) is 5.43 Å². The summed E-state index contributed by atoms with van der Waals surface area (Å²) in [5.74, 6) is -0.235. The minimum Gasteiger partial charge on any atom is -0.507 e. The van der Waals surface area contributed by atoms with Gasteiger partial charge in [-0.15, -0.1) is 0 Å². The first-order chi connectivity index (χ1) is 9.16. The second-order valence-corrected chi connectivity index (χ2v) is 4.86. The molecule has 0 bridgehead atoms. The van der Waals surface area contributed by atoms with Crippen molar-refractivity contribution in [1.82, 2.24) is 5.43 Å². The van der Waals surface area contributed by atoms with Crippen molar-refractivity contribution < 1.29 is 9.90 Å². The molecular weight excluding hydrogens is 264 g/mol. The molecule has 0 heterocycles. The number of rotatable bonds is 3. The van der Waals surface area contributed by atoms with Gasteiger partial charge in [-0.2, -0.15) is 5.10 Å². The minimum absolute atomic E-state index is 0.152. The third kappa shape index (κ3) is 3.83. The zero-order valence-electron chi connectivity index (χ0n) is 10.3. The van der Waals surface area contributed by atoms with Gasteiger partial charge >= 0.3 is 0 Å². The molecule has 2 N–H and O–H groups in total. The van der Waals surface area contributed by atoms with E-state index in [-0.39, 0.29) is 11.3 Å². The molecule has 1 aliphatic carbocycles. The van der Waals surface area contributed by atoms with Crippen molar-refractivity contribution in [1.29, 1.82) is 0 Å². The number of phenols is 1. The van der Waals surface area contributed by atoms with Gasteiger partial charge in [0, 0.05) is 11.2 Å². The Labute approximate surface area is 116 Å². The van der Waals surface area contributed by atoms with Gasteiger partial charge in [-0.05, 0) is 43.4 Å². The summed E-state index contributed by atoms with van der Waals surface area (Å²) in [5.41, 5.74) is 2.57. The molecule has 1 aromatic rings. The summed E-state index contributed by atoms with van der Waals surface area (Å²) in [6.45, 7) is 0. The van der Waals surface area contributed by atoms with E-state index in [9.17, 15) is 9.90 Å². The normalized spacial score (nSPS) is 18.7. The Bertz CT molecular complexity index is 526. The van der Waals surface area contributed by atoms with Gasteiger partial charge in [0.25, 0.3) is 5.91 Å². The van der Waals surface area contributed by atoms with Gasteiger partial charge in [-0.3, -0.25) is 4.79 Å². The maximum Gasteiger partial charge on any atom is 0.275 e. The molecular formula is C14H15ClN2O2. The van der Waals surface area contributed by atoms with E-state index in [0.29, 0.717) is 10.9 Å². The fourth-order valence-electron chi connectivity index (χ4n) is 1.91. The zero-order chi connectivity index (χ0) is 13.7. The van der Waals surface area contributed by atoms with Crippen LogP contribution in [-0.4, -0.2) is 17.2 Å². The van der Waals surface area contributed by atoms with Crippen LogP contribution >= 0.6 is 11.6 Å². The second kappa shape index (κ2) is 6.38. The van der Waals surface area contributed by atoms with Crippen molar-refractivity contribution in [2.75, 3.05) is 0 Å². The first-order valence-electron chi connectivity index (χ1n) is 6.14. The molecule has 1 aliphatic rings. The first-order valence-corrected chi connectivity index (χ1v) is 6.51.